The molecule has 8 nitrogen and oxygen atoms in total. The molecule has 0 N–H and O–H groups in total. The van der Waals surface area contributed by atoms with E-state index in [-0.39, 0.29) is 5.91 Å². The van der Waals surface area contributed by atoms with Crippen molar-refractivity contribution in [1.82, 2.24) is 19.7 Å². The lowest BCUT2D eigenvalue weighted by Gasteiger charge is -2.35. The molecule has 3 heterocycles. The van der Waals surface area contributed by atoms with Gasteiger partial charge in [-0.2, -0.15) is 5.26 Å². The molecule has 0 bridgehead atoms. The van der Waals surface area contributed by atoms with Crippen molar-refractivity contribution in [2.24, 2.45) is 0 Å². The number of carbonyl (C=O) groups excluding carboxylic acids is 1. The Kier molecular flexibility index (Phi) is 7.76. The number of pyridine rings is 1. The van der Waals surface area contributed by atoms with E-state index in [2.05, 4.69) is 37.9 Å². The fourth-order valence-electron chi connectivity index (χ4n) is 4.51. The summed E-state index contributed by atoms with van der Waals surface area (Å²) in [5, 5.41) is 9.37. The smallest absolute Gasteiger partial charge is 0.236 e. The van der Waals surface area contributed by atoms with Crippen molar-refractivity contribution in [3.63, 3.8) is 0 Å². The van der Waals surface area contributed by atoms with Crippen molar-refractivity contribution in [3.05, 3.63) is 53.7 Å². The van der Waals surface area contributed by atoms with Gasteiger partial charge in [0.15, 0.2) is 0 Å². The Morgan fingerprint density at radius 1 is 1.00 bits per heavy atom. The van der Waals surface area contributed by atoms with Gasteiger partial charge in [0.05, 0.1) is 19.2 Å². The summed E-state index contributed by atoms with van der Waals surface area (Å²) in [5.74, 6) is 1.83. The van der Waals surface area contributed by atoms with E-state index < -0.39 is 0 Å². The lowest BCUT2D eigenvalue weighted by molar-refractivity contribution is -0.134. The number of nitrogens with zero attached hydrogens (tertiary/aromatic N) is 6. The van der Waals surface area contributed by atoms with E-state index in [1.165, 1.54) is 5.56 Å². The van der Waals surface area contributed by atoms with Crippen LogP contribution in [-0.4, -0.2) is 91.6 Å². The summed E-state index contributed by atoms with van der Waals surface area (Å²) in [7, 11) is 1.68. The maximum absolute atomic E-state index is 12.9. The van der Waals surface area contributed by atoms with Gasteiger partial charge in [-0.15, -0.1) is 0 Å². The molecular weight excluding hydrogens is 416 g/mol. The summed E-state index contributed by atoms with van der Waals surface area (Å²) in [6, 6.07) is 14.0. The van der Waals surface area contributed by atoms with Crippen molar-refractivity contribution in [2.75, 3.05) is 70.9 Å². The van der Waals surface area contributed by atoms with Crippen LogP contribution in [0.2, 0.25) is 0 Å². The summed E-state index contributed by atoms with van der Waals surface area (Å²) in [4.78, 5) is 26.2. The standard InChI is InChI=1S/C25H32N6O2/c1-33-23-7-5-21(6-8-23)19-29-12-15-30(16-13-29)24(32)20-28-10-3-11-31(17-14-28)25-22(18-26)4-2-9-27-25/h2,4-9H,3,10-17,19-20H2,1H3. The lowest BCUT2D eigenvalue weighted by atomic mass is 10.2. The molecule has 2 aliphatic rings. The summed E-state index contributed by atoms with van der Waals surface area (Å²) in [5.41, 5.74) is 1.87. The van der Waals surface area contributed by atoms with Gasteiger partial charge >= 0.3 is 0 Å². The van der Waals surface area contributed by atoms with E-state index in [1.54, 1.807) is 19.4 Å². The predicted octanol–water partition coefficient (Wildman–Crippen LogP) is 1.82. The summed E-state index contributed by atoms with van der Waals surface area (Å²) in [6.07, 6.45) is 2.68. The Hall–Kier alpha value is -3.15. The Bertz CT molecular complexity index is 966. The SMILES string of the molecule is COc1ccc(CN2CCN(C(=O)CN3CCCN(c4ncccc4C#N)CC3)CC2)cc1. The van der Waals surface area contributed by atoms with Gasteiger partial charge in [-0.1, -0.05) is 12.1 Å². The van der Waals surface area contributed by atoms with Crippen LogP contribution in [-0.2, 0) is 11.3 Å². The maximum atomic E-state index is 12.9. The first kappa shape index (κ1) is 23.0. The fraction of sp³-hybridized carbons (Fsp3) is 0.480. The van der Waals surface area contributed by atoms with Crippen LogP contribution in [0, 0.1) is 11.3 Å². The van der Waals surface area contributed by atoms with Crippen LogP contribution in [0.5, 0.6) is 5.75 Å². The first-order valence-corrected chi connectivity index (χ1v) is 11.6. The van der Waals surface area contributed by atoms with Crippen molar-refractivity contribution >= 4 is 11.7 Å². The highest BCUT2D eigenvalue weighted by atomic mass is 16.5. The number of amides is 1. The second-order valence-corrected chi connectivity index (χ2v) is 8.61. The molecule has 8 heteroatoms. The molecule has 1 aromatic heterocycles. The number of aromatic nitrogens is 1. The highest BCUT2D eigenvalue weighted by Crippen LogP contribution is 2.18. The molecule has 2 aromatic rings. The van der Waals surface area contributed by atoms with Gasteiger partial charge in [0.25, 0.3) is 0 Å². The van der Waals surface area contributed by atoms with E-state index in [1.807, 2.05) is 23.1 Å². The van der Waals surface area contributed by atoms with Crippen molar-refractivity contribution < 1.29 is 9.53 Å². The number of nitriles is 1. The van der Waals surface area contributed by atoms with Gasteiger partial charge < -0.3 is 14.5 Å². The molecule has 2 aliphatic heterocycles. The first-order chi connectivity index (χ1) is 16.2. The van der Waals surface area contributed by atoms with Gasteiger partial charge in [0.1, 0.15) is 17.6 Å². The Balaban J connectivity index is 1.23. The molecule has 0 unspecified atom stereocenters. The molecule has 0 aliphatic carbocycles. The lowest BCUT2D eigenvalue weighted by Crippen LogP contribution is -2.51. The average Bonchev–Trinajstić information content (AvgIpc) is 3.10. The van der Waals surface area contributed by atoms with Crippen LogP contribution in [0.1, 0.15) is 17.5 Å². The van der Waals surface area contributed by atoms with Crippen LogP contribution in [0.3, 0.4) is 0 Å². The van der Waals surface area contributed by atoms with Crippen LogP contribution >= 0.6 is 0 Å². The van der Waals surface area contributed by atoms with Crippen molar-refractivity contribution in [2.45, 2.75) is 13.0 Å². The zero-order valence-corrected chi connectivity index (χ0v) is 19.3. The van der Waals surface area contributed by atoms with Crippen molar-refractivity contribution in [1.29, 1.82) is 5.26 Å². The van der Waals surface area contributed by atoms with Gasteiger partial charge in [-0.25, -0.2) is 4.98 Å². The zero-order chi connectivity index (χ0) is 23.0. The van der Waals surface area contributed by atoms with E-state index in [9.17, 15) is 10.1 Å². The molecule has 33 heavy (non-hydrogen) atoms. The third kappa shape index (κ3) is 6.01. The predicted molar refractivity (Wildman–Crippen MR) is 127 cm³/mol. The Labute approximate surface area is 196 Å². The Morgan fingerprint density at radius 2 is 1.76 bits per heavy atom. The average molecular weight is 449 g/mol. The van der Waals surface area contributed by atoms with E-state index in [0.717, 1.165) is 76.9 Å². The summed E-state index contributed by atoms with van der Waals surface area (Å²) in [6.45, 7) is 7.98. The number of piperazine rings is 1. The first-order valence-electron chi connectivity index (χ1n) is 11.6. The number of methoxy groups -OCH3 is 1. The molecule has 1 amide bonds. The fourth-order valence-corrected chi connectivity index (χ4v) is 4.51. The summed E-state index contributed by atoms with van der Waals surface area (Å²) >= 11 is 0. The topological polar surface area (TPSA) is 75.9 Å². The van der Waals surface area contributed by atoms with Gasteiger partial charge in [0, 0.05) is 65.1 Å². The number of rotatable bonds is 6. The van der Waals surface area contributed by atoms with E-state index >= 15 is 0 Å². The molecule has 174 valence electrons. The van der Waals surface area contributed by atoms with Crippen LogP contribution in [0.15, 0.2) is 42.6 Å². The third-order valence-electron chi connectivity index (χ3n) is 6.44. The molecule has 0 spiro atoms. The quantitative estimate of drug-likeness (QED) is 0.667. The Morgan fingerprint density at radius 3 is 2.48 bits per heavy atom. The number of benzene rings is 1. The van der Waals surface area contributed by atoms with Crippen molar-refractivity contribution in [3.8, 4) is 11.8 Å². The normalized spacial score (nSPS) is 17.9. The molecule has 4 rings (SSSR count). The molecule has 0 radical (unpaired) electrons. The van der Waals surface area contributed by atoms with Gasteiger partial charge in [0.2, 0.25) is 5.91 Å². The third-order valence-corrected chi connectivity index (χ3v) is 6.44. The highest BCUT2D eigenvalue weighted by Gasteiger charge is 2.24. The molecule has 2 fully saturated rings. The molecule has 1 aromatic carbocycles. The number of anilines is 1. The summed E-state index contributed by atoms with van der Waals surface area (Å²) < 4.78 is 5.23. The number of ether oxygens (including phenoxy) is 1. The molecule has 2 saturated heterocycles. The minimum Gasteiger partial charge on any atom is -0.497 e. The zero-order valence-electron chi connectivity index (χ0n) is 19.3. The molecular formula is C25H32N6O2. The second kappa shape index (κ2) is 11.1. The van der Waals surface area contributed by atoms with Crippen LogP contribution in [0.25, 0.3) is 0 Å². The number of hydrogen-bond acceptors (Lipinski definition) is 7. The minimum absolute atomic E-state index is 0.211. The number of hydrogen-bond donors (Lipinski definition) is 0. The highest BCUT2D eigenvalue weighted by molar-refractivity contribution is 5.78. The molecule has 0 atom stereocenters. The second-order valence-electron chi connectivity index (χ2n) is 8.61. The van der Waals surface area contributed by atoms with Crippen LogP contribution in [0.4, 0.5) is 5.82 Å². The monoisotopic (exact) mass is 448 g/mol. The van der Waals surface area contributed by atoms with E-state index in [0.29, 0.717) is 12.1 Å². The maximum Gasteiger partial charge on any atom is 0.236 e. The largest absolute Gasteiger partial charge is 0.497 e. The van der Waals surface area contributed by atoms with Crippen LogP contribution < -0.4 is 9.64 Å². The van der Waals surface area contributed by atoms with E-state index in [4.69, 9.17) is 4.74 Å². The number of carbonyl (C=O) groups is 1. The van der Waals surface area contributed by atoms with Gasteiger partial charge in [-0.3, -0.25) is 14.6 Å². The van der Waals surface area contributed by atoms with Gasteiger partial charge in [-0.05, 0) is 36.2 Å². The molecule has 0 saturated carbocycles. The minimum atomic E-state index is 0.211.